The first-order valence-electron chi connectivity index (χ1n) is 6.01. The maximum atomic E-state index is 6.07. The summed E-state index contributed by atoms with van der Waals surface area (Å²) >= 11 is 8.05. The molecule has 1 nitrogen and oxygen atoms in total. The Hall–Kier alpha value is -0.600. The molecule has 1 heterocycles. The molecule has 0 aliphatic rings. The van der Waals surface area contributed by atoms with Gasteiger partial charge in [-0.25, -0.2) is 0 Å². The van der Waals surface area contributed by atoms with Crippen molar-refractivity contribution in [2.24, 2.45) is 0 Å². The minimum absolute atomic E-state index is 0.668. The van der Waals surface area contributed by atoms with Crippen molar-refractivity contribution in [3.63, 3.8) is 0 Å². The van der Waals surface area contributed by atoms with Gasteiger partial charge in [-0.1, -0.05) is 31.5 Å². The number of hydrogen-bond donors (Lipinski definition) is 0. The lowest BCUT2D eigenvalue weighted by Gasteiger charge is -2.09. The number of thioether (sulfide) groups is 1. The van der Waals surface area contributed by atoms with Gasteiger partial charge < -0.3 is 4.57 Å². The Bertz CT molecular complexity index is 516. The second kappa shape index (κ2) is 5.36. The fourth-order valence-corrected chi connectivity index (χ4v) is 2.94. The lowest BCUT2D eigenvalue weighted by atomic mass is 10.2. The third-order valence-corrected chi connectivity index (χ3v) is 4.20. The molecule has 0 bridgehead atoms. The molecule has 92 valence electrons. The fourth-order valence-electron chi connectivity index (χ4n) is 2.03. The molecule has 0 saturated carbocycles. The van der Waals surface area contributed by atoms with Crippen LogP contribution in [0.2, 0.25) is 5.02 Å². The second-order valence-electron chi connectivity index (χ2n) is 4.44. The molecule has 0 amide bonds. The molecule has 2 aromatic rings. The van der Waals surface area contributed by atoms with E-state index in [0.717, 1.165) is 17.3 Å². The Morgan fingerprint density at radius 3 is 2.71 bits per heavy atom. The average Bonchev–Trinajstić information content (AvgIpc) is 2.63. The van der Waals surface area contributed by atoms with Gasteiger partial charge in [-0.3, -0.25) is 0 Å². The van der Waals surface area contributed by atoms with Crippen LogP contribution in [0.15, 0.2) is 24.3 Å². The Morgan fingerprint density at radius 2 is 2.06 bits per heavy atom. The van der Waals surface area contributed by atoms with Crippen LogP contribution in [0.25, 0.3) is 10.9 Å². The lowest BCUT2D eigenvalue weighted by molar-refractivity contribution is 0.765. The number of nitrogens with zero attached hydrogens (tertiary/aromatic N) is 1. The number of hydrogen-bond acceptors (Lipinski definition) is 1. The second-order valence-corrected chi connectivity index (χ2v) is 6.44. The van der Waals surface area contributed by atoms with Gasteiger partial charge in [-0.05, 0) is 35.8 Å². The van der Waals surface area contributed by atoms with Crippen molar-refractivity contribution < 1.29 is 0 Å². The van der Waals surface area contributed by atoms with Gasteiger partial charge in [0.2, 0.25) is 0 Å². The van der Waals surface area contributed by atoms with Gasteiger partial charge in [-0.15, -0.1) is 0 Å². The van der Waals surface area contributed by atoms with Crippen LogP contribution in [0.1, 0.15) is 26.5 Å². The highest BCUT2D eigenvalue weighted by Crippen LogP contribution is 2.27. The molecule has 0 unspecified atom stereocenters. The van der Waals surface area contributed by atoms with Crippen molar-refractivity contribution in [3.05, 3.63) is 35.0 Å². The van der Waals surface area contributed by atoms with Crippen LogP contribution in [-0.2, 0) is 12.3 Å². The first-order chi connectivity index (χ1) is 8.11. The quantitative estimate of drug-likeness (QED) is 0.758. The summed E-state index contributed by atoms with van der Waals surface area (Å²) in [5.41, 5.74) is 2.64. The highest BCUT2D eigenvalue weighted by molar-refractivity contribution is 7.99. The lowest BCUT2D eigenvalue weighted by Crippen LogP contribution is -2.00. The van der Waals surface area contributed by atoms with Gasteiger partial charge in [-0.2, -0.15) is 11.8 Å². The van der Waals surface area contributed by atoms with E-state index in [1.54, 1.807) is 0 Å². The zero-order valence-electron chi connectivity index (χ0n) is 10.5. The van der Waals surface area contributed by atoms with E-state index < -0.39 is 0 Å². The summed E-state index contributed by atoms with van der Waals surface area (Å²) in [5, 5.41) is 2.77. The minimum Gasteiger partial charge on any atom is -0.344 e. The first-order valence-corrected chi connectivity index (χ1v) is 7.43. The molecule has 1 aromatic carbocycles. The maximum absolute atomic E-state index is 6.07. The maximum Gasteiger partial charge on any atom is 0.0497 e. The summed E-state index contributed by atoms with van der Waals surface area (Å²) in [6.07, 6.45) is 0. The van der Waals surface area contributed by atoms with Crippen LogP contribution in [0.5, 0.6) is 0 Å². The van der Waals surface area contributed by atoms with Crippen molar-refractivity contribution in [1.82, 2.24) is 4.57 Å². The molecule has 1 aromatic heterocycles. The predicted molar refractivity (Wildman–Crippen MR) is 79.1 cm³/mol. The Kier molecular flexibility index (Phi) is 4.05. The number of rotatable bonds is 4. The molecular weight excluding hydrogens is 250 g/mol. The van der Waals surface area contributed by atoms with Crippen molar-refractivity contribution in [1.29, 1.82) is 0 Å². The van der Waals surface area contributed by atoms with Gasteiger partial charge in [0.25, 0.3) is 0 Å². The number of fused-ring (bicyclic) bond motifs is 1. The van der Waals surface area contributed by atoms with Gasteiger partial charge in [0, 0.05) is 28.5 Å². The van der Waals surface area contributed by atoms with E-state index >= 15 is 0 Å². The minimum atomic E-state index is 0.668. The molecule has 0 N–H and O–H groups in total. The number of benzene rings is 1. The molecule has 0 radical (unpaired) electrons. The summed E-state index contributed by atoms with van der Waals surface area (Å²) in [6.45, 7) is 7.66. The van der Waals surface area contributed by atoms with Crippen molar-refractivity contribution >= 4 is 34.3 Å². The van der Waals surface area contributed by atoms with Crippen LogP contribution >= 0.6 is 23.4 Å². The largest absolute Gasteiger partial charge is 0.344 e. The van der Waals surface area contributed by atoms with Gasteiger partial charge in [0.05, 0.1) is 0 Å². The number of aromatic nitrogens is 1. The van der Waals surface area contributed by atoms with Crippen LogP contribution in [0, 0.1) is 0 Å². The van der Waals surface area contributed by atoms with Gasteiger partial charge in [0.15, 0.2) is 0 Å². The third-order valence-electron chi connectivity index (χ3n) is 2.83. The summed E-state index contributed by atoms with van der Waals surface area (Å²) in [5.74, 6) is 1.07. The molecule has 2 rings (SSSR count). The van der Waals surface area contributed by atoms with Crippen LogP contribution in [0.4, 0.5) is 0 Å². The molecule has 0 aliphatic carbocycles. The first kappa shape index (κ1) is 12.8. The van der Waals surface area contributed by atoms with E-state index in [2.05, 4.69) is 43.5 Å². The molecule has 17 heavy (non-hydrogen) atoms. The molecule has 0 atom stereocenters. The molecule has 0 spiro atoms. The zero-order chi connectivity index (χ0) is 12.4. The number of halogens is 1. The van der Waals surface area contributed by atoms with E-state index in [1.165, 1.54) is 16.6 Å². The zero-order valence-corrected chi connectivity index (χ0v) is 12.1. The Balaban J connectivity index is 2.41. The summed E-state index contributed by atoms with van der Waals surface area (Å²) in [7, 11) is 0. The predicted octanol–water partition coefficient (Wildman–Crippen LogP) is 4.96. The summed E-state index contributed by atoms with van der Waals surface area (Å²) in [6, 6.07) is 8.41. The van der Waals surface area contributed by atoms with Crippen LogP contribution < -0.4 is 0 Å². The smallest absolute Gasteiger partial charge is 0.0497 e. The van der Waals surface area contributed by atoms with Crippen molar-refractivity contribution in [2.75, 3.05) is 0 Å². The highest BCUT2D eigenvalue weighted by atomic mass is 35.5. The Morgan fingerprint density at radius 1 is 1.29 bits per heavy atom. The van der Waals surface area contributed by atoms with E-state index in [0.29, 0.717) is 5.25 Å². The van der Waals surface area contributed by atoms with E-state index in [-0.39, 0.29) is 0 Å². The van der Waals surface area contributed by atoms with Crippen LogP contribution in [0.3, 0.4) is 0 Å². The van der Waals surface area contributed by atoms with E-state index in [9.17, 15) is 0 Å². The summed E-state index contributed by atoms with van der Waals surface area (Å²) < 4.78 is 2.36. The molecular formula is C14H18ClNS. The van der Waals surface area contributed by atoms with Crippen molar-refractivity contribution in [2.45, 2.75) is 38.3 Å². The standard InChI is InChI=1S/C14H18ClNS/c1-4-16-13(9-17-10(2)3)7-11-5-6-12(15)8-14(11)16/h5-8,10H,4,9H2,1-3H3. The normalized spacial score (nSPS) is 11.6. The average molecular weight is 268 g/mol. The SMILES string of the molecule is CCn1c(CSC(C)C)cc2ccc(Cl)cc21. The molecule has 0 fully saturated rings. The highest BCUT2D eigenvalue weighted by Gasteiger charge is 2.08. The van der Waals surface area contributed by atoms with Gasteiger partial charge >= 0.3 is 0 Å². The monoisotopic (exact) mass is 267 g/mol. The third kappa shape index (κ3) is 2.80. The molecule has 3 heteroatoms. The van der Waals surface area contributed by atoms with Crippen molar-refractivity contribution in [3.8, 4) is 0 Å². The molecule has 0 saturated heterocycles. The Labute approximate surface area is 112 Å². The van der Waals surface area contributed by atoms with E-state index in [1.807, 2.05) is 17.8 Å². The fraction of sp³-hybridized carbons (Fsp3) is 0.429. The number of aryl methyl sites for hydroxylation is 1. The van der Waals surface area contributed by atoms with E-state index in [4.69, 9.17) is 11.6 Å². The molecule has 0 aliphatic heterocycles. The van der Waals surface area contributed by atoms with Crippen LogP contribution in [-0.4, -0.2) is 9.82 Å². The van der Waals surface area contributed by atoms with Gasteiger partial charge in [0.1, 0.15) is 0 Å². The summed E-state index contributed by atoms with van der Waals surface area (Å²) in [4.78, 5) is 0. The topological polar surface area (TPSA) is 4.93 Å².